The summed E-state index contributed by atoms with van der Waals surface area (Å²) >= 11 is 0. The third-order valence-corrected chi connectivity index (χ3v) is 9.20. The van der Waals surface area contributed by atoms with Crippen LogP contribution in [0.4, 0.5) is 0 Å². The molecule has 0 radical (unpaired) electrons. The van der Waals surface area contributed by atoms with Gasteiger partial charge in [0.1, 0.15) is 6.07 Å². The Morgan fingerprint density at radius 3 is 1.46 bits per heavy atom. The Bertz CT molecular complexity index is 2610. The van der Waals surface area contributed by atoms with Crippen molar-refractivity contribution < 1.29 is 0 Å². The molecule has 0 spiro atoms. The van der Waals surface area contributed by atoms with Crippen LogP contribution in [-0.2, 0) is 0 Å². The van der Waals surface area contributed by atoms with Gasteiger partial charge in [-0.1, -0.05) is 121 Å². The van der Waals surface area contributed by atoms with E-state index in [0.717, 1.165) is 38.9 Å². The Kier molecular flexibility index (Phi) is 5.88. The lowest BCUT2D eigenvalue weighted by molar-refractivity contribution is 1.17. The van der Waals surface area contributed by atoms with E-state index in [-0.39, 0.29) is 0 Å². The third-order valence-electron chi connectivity index (χ3n) is 9.20. The van der Waals surface area contributed by atoms with Crippen LogP contribution in [0.1, 0.15) is 5.56 Å². The first-order valence-corrected chi connectivity index (χ1v) is 15.5. The number of rotatable bonds is 4. The van der Waals surface area contributed by atoms with E-state index in [2.05, 4.69) is 155 Å². The molecule has 2 aromatic heterocycles. The van der Waals surface area contributed by atoms with Gasteiger partial charge >= 0.3 is 0 Å². The molecule has 7 aromatic carbocycles. The molecule has 0 saturated carbocycles. The predicted molar refractivity (Wildman–Crippen MR) is 191 cm³/mol. The van der Waals surface area contributed by atoms with Crippen molar-refractivity contribution in [1.29, 1.82) is 5.26 Å². The molecule has 0 unspecified atom stereocenters. The molecule has 214 valence electrons. The van der Waals surface area contributed by atoms with Gasteiger partial charge in [0.05, 0.1) is 39.0 Å². The van der Waals surface area contributed by atoms with E-state index in [1.165, 1.54) is 38.3 Å². The highest BCUT2D eigenvalue weighted by molar-refractivity contribution is 6.17. The van der Waals surface area contributed by atoms with Gasteiger partial charge in [-0.05, 0) is 59.2 Å². The second-order valence-corrected chi connectivity index (χ2v) is 11.6. The summed E-state index contributed by atoms with van der Waals surface area (Å²) in [7, 11) is 0. The zero-order chi connectivity index (χ0) is 30.6. The van der Waals surface area contributed by atoms with Crippen LogP contribution in [0, 0.1) is 11.3 Å². The normalized spacial score (nSPS) is 11.5. The Balaban J connectivity index is 1.34. The van der Waals surface area contributed by atoms with Crippen LogP contribution in [0.3, 0.4) is 0 Å². The van der Waals surface area contributed by atoms with Gasteiger partial charge < -0.3 is 9.13 Å². The van der Waals surface area contributed by atoms with E-state index in [1.807, 2.05) is 24.3 Å². The molecule has 0 amide bonds. The van der Waals surface area contributed by atoms with Crippen LogP contribution in [0.15, 0.2) is 164 Å². The van der Waals surface area contributed by atoms with E-state index in [4.69, 9.17) is 0 Å². The largest absolute Gasteiger partial charge is 0.309 e. The molecule has 0 aliphatic heterocycles. The van der Waals surface area contributed by atoms with Gasteiger partial charge in [-0.3, -0.25) is 0 Å². The molecular weight excluding hydrogens is 558 g/mol. The van der Waals surface area contributed by atoms with Gasteiger partial charge in [0.15, 0.2) is 0 Å². The molecule has 0 N–H and O–H groups in total. The van der Waals surface area contributed by atoms with E-state index < -0.39 is 0 Å². The number of nitrogens with zero attached hydrogens (tertiary/aromatic N) is 3. The lowest BCUT2D eigenvalue weighted by Crippen LogP contribution is -1.98. The van der Waals surface area contributed by atoms with Crippen LogP contribution in [0.25, 0.3) is 77.2 Å². The fourth-order valence-corrected chi connectivity index (χ4v) is 7.30. The van der Waals surface area contributed by atoms with Crippen LogP contribution in [-0.4, -0.2) is 9.13 Å². The first-order chi connectivity index (χ1) is 22.8. The van der Waals surface area contributed by atoms with Crippen LogP contribution in [0.5, 0.6) is 0 Å². The molecule has 2 heterocycles. The summed E-state index contributed by atoms with van der Waals surface area (Å²) in [5, 5.41) is 14.9. The van der Waals surface area contributed by atoms with E-state index in [0.29, 0.717) is 5.56 Å². The number of benzene rings is 7. The molecule has 0 saturated heterocycles. The summed E-state index contributed by atoms with van der Waals surface area (Å²) in [5.41, 5.74) is 11.9. The highest BCUT2D eigenvalue weighted by Gasteiger charge is 2.21. The van der Waals surface area contributed by atoms with Crippen LogP contribution >= 0.6 is 0 Å². The number of nitriles is 1. The minimum Gasteiger partial charge on any atom is -0.309 e. The maximum absolute atomic E-state index is 10.0. The van der Waals surface area contributed by atoms with Crippen molar-refractivity contribution in [2.75, 3.05) is 0 Å². The Morgan fingerprint density at radius 2 is 0.783 bits per heavy atom. The number of hydrogen-bond donors (Lipinski definition) is 0. The number of hydrogen-bond acceptors (Lipinski definition) is 1. The van der Waals surface area contributed by atoms with Gasteiger partial charge in [0.2, 0.25) is 0 Å². The second-order valence-electron chi connectivity index (χ2n) is 11.6. The van der Waals surface area contributed by atoms with Crippen molar-refractivity contribution in [2.45, 2.75) is 0 Å². The molecule has 3 heteroatoms. The van der Waals surface area contributed by atoms with Gasteiger partial charge in [-0.15, -0.1) is 0 Å². The molecule has 46 heavy (non-hydrogen) atoms. The Morgan fingerprint density at radius 1 is 0.348 bits per heavy atom. The van der Waals surface area contributed by atoms with Crippen molar-refractivity contribution >= 4 is 43.6 Å². The number of para-hydroxylation sites is 5. The minimum absolute atomic E-state index is 0.649. The average Bonchev–Trinajstić information content (AvgIpc) is 3.65. The topological polar surface area (TPSA) is 33.6 Å². The highest BCUT2D eigenvalue weighted by atomic mass is 15.0. The summed E-state index contributed by atoms with van der Waals surface area (Å²) < 4.78 is 4.64. The van der Waals surface area contributed by atoms with Crippen molar-refractivity contribution in [3.05, 3.63) is 169 Å². The zero-order valence-corrected chi connectivity index (χ0v) is 24.9. The molecule has 0 bridgehead atoms. The molecule has 0 aliphatic carbocycles. The smallest absolute Gasteiger partial charge is 0.101 e. The predicted octanol–water partition coefficient (Wildman–Crippen LogP) is 11.1. The van der Waals surface area contributed by atoms with Crippen molar-refractivity contribution in [3.63, 3.8) is 0 Å². The average molecular weight is 586 g/mol. The quantitative estimate of drug-likeness (QED) is 0.202. The lowest BCUT2D eigenvalue weighted by Gasteiger charge is -2.17. The summed E-state index contributed by atoms with van der Waals surface area (Å²) in [6, 6.07) is 60.1. The molecule has 0 aliphatic rings. The van der Waals surface area contributed by atoms with E-state index in [9.17, 15) is 5.26 Å². The molecule has 0 atom stereocenters. The maximum atomic E-state index is 10.0. The third kappa shape index (κ3) is 3.78. The summed E-state index contributed by atoms with van der Waals surface area (Å²) in [4.78, 5) is 0. The standard InChI is InChI=1S/C43H27N3/c44-28-29-14-1-8-22-37(29)45-41-26-12-7-20-36(41)43-35(21-13-27-42(43)45)31-16-3-2-15-30(31)32-17-4-9-23-38(32)46-39-24-10-5-18-33(39)34-19-6-11-25-40(34)46/h1-27H. The van der Waals surface area contributed by atoms with Crippen LogP contribution in [0.2, 0.25) is 0 Å². The van der Waals surface area contributed by atoms with Gasteiger partial charge in [-0.25, -0.2) is 0 Å². The Labute approximate surface area is 266 Å². The fraction of sp³-hybridized carbons (Fsp3) is 0. The van der Waals surface area contributed by atoms with Crippen LogP contribution < -0.4 is 0 Å². The summed E-state index contributed by atoms with van der Waals surface area (Å²) in [6.45, 7) is 0. The molecule has 3 nitrogen and oxygen atoms in total. The number of aromatic nitrogens is 2. The van der Waals surface area contributed by atoms with E-state index in [1.54, 1.807) is 0 Å². The summed E-state index contributed by atoms with van der Waals surface area (Å²) in [6.07, 6.45) is 0. The molecule has 9 rings (SSSR count). The van der Waals surface area contributed by atoms with Crippen molar-refractivity contribution in [2.24, 2.45) is 0 Å². The monoisotopic (exact) mass is 585 g/mol. The minimum atomic E-state index is 0.649. The molecule has 0 fully saturated rings. The van der Waals surface area contributed by atoms with E-state index >= 15 is 0 Å². The first kappa shape index (κ1) is 26.1. The summed E-state index contributed by atoms with van der Waals surface area (Å²) in [5.74, 6) is 0. The SMILES string of the molecule is N#Cc1ccccc1-n1c2ccccc2c2c(-c3ccccc3-c3ccccc3-n3c4ccccc4c4ccccc43)cccc21. The Hall–Kier alpha value is -6.37. The van der Waals surface area contributed by atoms with Gasteiger partial charge in [-0.2, -0.15) is 5.26 Å². The van der Waals surface area contributed by atoms with Gasteiger partial charge in [0, 0.05) is 27.1 Å². The molecular formula is C43H27N3. The molecule has 9 aromatic rings. The fourth-order valence-electron chi connectivity index (χ4n) is 7.30. The highest BCUT2D eigenvalue weighted by Crippen LogP contribution is 2.44. The number of fused-ring (bicyclic) bond motifs is 6. The second kappa shape index (κ2) is 10.4. The maximum Gasteiger partial charge on any atom is 0.101 e. The van der Waals surface area contributed by atoms with Crippen molar-refractivity contribution in [1.82, 2.24) is 9.13 Å². The first-order valence-electron chi connectivity index (χ1n) is 15.5. The van der Waals surface area contributed by atoms with Crippen molar-refractivity contribution in [3.8, 4) is 39.7 Å². The zero-order valence-electron chi connectivity index (χ0n) is 24.9. The lowest BCUT2D eigenvalue weighted by atomic mass is 9.91. The van der Waals surface area contributed by atoms with Gasteiger partial charge in [0.25, 0.3) is 0 Å².